The molecule has 4 rings (SSSR count). The third-order valence-electron chi connectivity index (χ3n) is 4.98. The Morgan fingerprint density at radius 3 is 2.85 bits per heavy atom. The summed E-state index contributed by atoms with van der Waals surface area (Å²) in [6, 6.07) is 12.0. The van der Waals surface area contributed by atoms with E-state index in [0.29, 0.717) is 6.54 Å². The van der Waals surface area contributed by atoms with E-state index in [1.807, 2.05) is 28.5 Å². The van der Waals surface area contributed by atoms with Crippen LogP contribution in [-0.4, -0.2) is 22.5 Å². The molecule has 0 saturated carbocycles. The molecule has 1 aromatic carbocycles. The van der Waals surface area contributed by atoms with E-state index in [2.05, 4.69) is 5.16 Å². The maximum Gasteiger partial charge on any atom is 0.227 e. The molecule has 0 N–H and O–H groups in total. The summed E-state index contributed by atoms with van der Waals surface area (Å²) in [5, 5.41) is 6.28. The van der Waals surface area contributed by atoms with E-state index in [-0.39, 0.29) is 24.2 Å². The summed E-state index contributed by atoms with van der Waals surface area (Å²) in [5.41, 5.74) is 1.64. The lowest BCUT2D eigenvalue weighted by Crippen LogP contribution is -2.36. The molecule has 0 radical (unpaired) electrons. The highest BCUT2D eigenvalue weighted by molar-refractivity contribution is 7.13. The summed E-state index contributed by atoms with van der Waals surface area (Å²) in [5.74, 6) is 0.506. The molecule has 1 aliphatic heterocycles. The number of carbonyl (C=O) groups is 1. The highest BCUT2D eigenvalue weighted by atomic mass is 32.1. The number of hydrogen-bond acceptors (Lipinski definition) is 4. The van der Waals surface area contributed by atoms with Crippen LogP contribution in [0.3, 0.4) is 0 Å². The Hall–Kier alpha value is -2.47. The summed E-state index contributed by atoms with van der Waals surface area (Å²) in [6.07, 6.45) is 4.30. The van der Waals surface area contributed by atoms with E-state index in [0.717, 1.165) is 47.6 Å². The number of halogens is 1. The van der Waals surface area contributed by atoms with Crippen molar-refractivity contribution in [1.82, 2.24) is 10.1 Å². The fraction of sp³-hybridized carbons (Fsp3) is 0.333. The van der Waals surface area contributed by atoms with Gasteiger partial charge < -0.3 is 9.42 Å². The number of carbonyl (C=O) groups excluding carboxylic acids is 1. The monoisotopic (exact) mass is 384 g/mol. The third kappa shape index (κ3) is 4.11. The second-order valence-corrected chi connectivity index (χ2v) is 7.80. The summed E-state index contributed by atoms with van der Waals surface area (Å²) in [6.45, 7) is 0.714. The molecule has 3 heterocycles. The van der Waals surface area contributed by atoms with Crippen molar-refractivity contribution >= 4 is 17.2 Å². The maximum atomic E-state index is 13.1. The summed E-state index contributed by atoms with van der Waals surface area (Å²) >= 11 is 1.61. The first-order valence-electron chi connectivity index (χ1n) is 9.25. The predicted octanol–water partition coefficient (Wildman–Crippen LogP) is 5.23. The molecule has 3 aromatic rings. The van der Waals surface area contributed by atoms with Crippen LogP contribution in [0.1, 0.15) is 43.0 Å². The quantitative estimate of drug-likeness (QED) is 0.619. The largest absolute Gasteiger partial charge is 0.355 e. The van der Waals surface area contributed by atoms with Gasteiger partial charge in [0.05, 0.1) is 17.3 Å². The molecule has 1 atom stereocenters. The van der Waals surface area contributed by atoms with Crippen molar-refractivity contribution < 1.29 is 13.7 Å². The fourth-order valence-electron chi connectivity index (χ4n) is 3.57. The van der Waals surface area contributed by atoms with E-state index >= 15 is 0 Å². The number of aromatic nitrogens is 1. The number of benzene rings is 1. The zero-order valence-corrected chi connectivity index (χ0v) is 15.8. The van der Waals surface area contributed by atoms with E-state index in [1.54, 1.807) is 23.5 Å². The van der Waals surface area contributed by atoms with Gasteiger partial charge in [0.15, 0.2) is 5.76 Å². The number of hydrogen-bond donors (Lipinski definition) is 0. The SMILES string of the molecule is O=C(Cc1ccc(F)cc1)N1CCCCC[C@@H]1c1cc(-c2cccs2)on1. The zero-order chi connectivity index (χ0) is 18.6. The van der Waals surface area contributed by atoms with E-state index < -0.39 is 0 Å². The van der Waals surface area contributed by atoms with Gasteiger partial charge in [-0.15, -0.1) is 11.3 Å². The summed E-state index contributed by atoms with van der Waals surface area (Å²) < 4.78 is 18.7. The van der Waals surface area contributed by atoms with Gasteiger partial charge in [-0.05, 0) is 42.0 Å². The van der Waals surface area contributed by atoms with Gasteiger partial charge >= 0.3 is 0 Å². The average Bonchev–Trinajstić information content (AvgIpc) is 3.31. The smallest absolute Gasteiger partial charge is 0.227 e. The van der Waals surface area contributed by atoms with Gasteiger partial charge in [-0.3, -0.25) is 4.79 Å². The molecule has 1 saturated heterocycles. The van der Waals surface area contributed by atoms with Crippen molar-refractivity contribution in [2.24, 2.45) is 0 Å². The normalized spacial score (nSPS) is 17.7. The Morgan fingerprint density at radius 1 is 1.22 bits per heavy atom. The van der Waals surface area contributed by atoms with Crippen LogP contribution in [0.15, 0.2) is 52.4 Å². The second kappa shape index (κ2) is 8.05. The van der Waals surface area contributed by atoms with Gasteiger partial charge in [0.1, 0.15) is 11.5 Å². The fourth-order valence-corrected chi connectivity index (χ4v) is 4.25. The Morgan fingerprint density at radius 2 is 2.07 bits per heavy atom. The van der Waals surface area contributed by atoms with E-state index in [4.69, 9.17) is 4.52 Å². The molecule has 0 bridgehead atoms. The van der Waals surface area contributed by atoms with Crippen LogP contribution in [0, 0.1) is 5.82 Å². The Bertz CT molecular complexity index is 889. The molecule has 1 fully saturated rings. The van der Waals surface area contributed by atoms with Gasteiger partial charge in [0.25, 0.3) is 0 Å². The lowest BCUT2D eigenvalue weighted by molar-refractivity contribution is -0.133. The molecule has 1 aliphatic rings. The molecule has 6 heteroatoms. The number of likely N-dealkylation sites (tertiary alicyclic amines) is 1. The molecule has 140 valence electrons. The van der Waals surface area contributed by atoms with Gasteiger partial charge in [-0.1, -0.05) is 36.2 Å². The molecule has 1 amide bonds. The van der Waals surface area contributed by atoms with Gasteiger partial charge in [-0.2, -0.15) is 0 Å². The van der Waals surface area contributed by atoms with Crippen LogP contribution in [-0.2, 0) is 11.2 Å². The van der Waals surface area contributed by atoms with Crippen molar-refractivity contribution in [1.29, 1.82) is 0 Å². The number of nitrogens with zero attached hydrogens (tertiary/aromatic N) is 2. The lowest BCUT2D eigenvalue weighted by atomic mass is 10.0. The molecule has 4 nitrogen and oxygen atoms in total. The molecular weight excluding hydrogens is 363 g/mol. The maximum absolute atomic E-state index is 13.1. The third-order valence-corrected chi connectivity index (χ3v) is 5.86. The predicted molar refractivity (Wildman–Crippen MR) is 103 cm³/mol. The second-order valence-electron chi connectivity index (χ2n) is 6.85. The van der Waals surface area contributed by atoms with Crippen LogP contribution < -0.4 is 0 Å². The van der Waals surface area contributed by atoms with Crippen molar-refractivity contribution in [3.05, 3.63) is 64.9 Å². The Kier molecular flexibility index (Phi) is 5.34. The first-order chi connectivity index (χ1) is 13.2. The minimum Gasteiger partial charge on any atom is -0.355 e. The van der Waals surface area contributed by atoms with Crippen molar-refractivity contribution in [3.63, 3.8) is 0 Å². The first-order valence-corrected chi connectivity index (χ1v) is 10.1. The van der Waals surface area contributed by atoms with Crippen LogP contribution in [0.25, 0.3) is 10.6 Å². The molecule has 2 aromatic heterocycles. The highest BCUT2D eigenvalue weighted by Crippen LogP contribution is 2.33. The summed E-state index contributed by atoms with van der Waals surface area (Å²) in [7, 11) is 0. The van der Waals surface area contributed by atoms with Gasteiger partial charge in [-0.25, -0.2) is 4.39 Å². The molecule has 0 unspecified atom stereocenters. The minimum absolute atomic E-state index is 0.0502. The molecule has 0 aliphatic carbocycles. The van der Waals surface area contributed by atoms with Crippen LogP contribution in [0.2, 0.25) is 0 Å². The topological polar surface area (TPSA) is 46.3 Å². The van der Waals surface area contributed by atoms with Gasteiger partial charge in [0, 0.05) is 12.6 Å². The standard InChI is InChI=1S/C21H21FN2O2S/c22-16-9-7-15(8-10-16)13-21(25)24-11-3-1-2-5-18(24)17-14-19(26-23-17)20-6-4-12-27-20/h4,6-10,12,14,18H,1-3,5,11,13H2/t18-/m1/s1. The van der Waals surface area contributed by atoms with Gasteiger partial charge in [0.2, 0.25) is 5.91 Å². The minimum atomic E-state index is -0.289. The Labute approximate surface area is 161 Å². The highest BCUT2D eigenvalue weighted by Gasteiger charge is 2.29. The van der Waals surface area contributed by atoms with E-state index in [1.165, 1.54) is 12.1 Å². The molecule has 27 heavy (non-hydrogen) atoms. The Balaban J connectivity index is 1.55. The first kappa shape index (κ1) is 17.9. The number of thiophene rings is 1. The summed E-state index contributed by atoms with van der Waals surface area (Å²) in [4.78, 5) is 16.0. The van der Waals surface area contributed by atoms with E-state index in [9.17, 15) is 9.18 Å². The molecular formula is C21H21FN2O2S. The number of rotatable bonds is 4. The van der Waals surface area contributed by atoms with Crippen molar-refractivity contribution in [3.8, 4) is 10.6 Å². The zero-order valence-electron chi connectivity index (χ0n) is 14.9. The van der Waals surface area contributed by atoms with Crippen LogP contribution in [0.5, 0.6) is 0 Å². The van der Waals surface area contributed by atoms with Crippen LogP contribution >= 0.6 is 11.3 Å². The number of amides is 1. The van der Waals surface area contributed by atoms with Crippen molar-refractivity contribution in [2.75, 3.05) is 6.54 Å². The molecule has 0 spiro atoms. The lowest BCUT2D eigenvalue weighted by Gasteiger charge is -2.28. The van der Waals surface area contributed by atoms with Crippen LogP contribution in [0.4, 0.5) is 4.39 Å². The average molecular weight is 384 g/mol. The van der Waals surface area contributed by atoms with Crippen molar-refractivity contribution in [2.45, 2.75) is 38.1 Å².